The van der Waals surface area contributed by atoms with Gasteiger partial charge in [-0.2, -0.15) is 0 Å². The summed E-state index contributed by atoms with van der Waals surface area (Å²) in [6.07, 6.45) is 2.62. The largest absolute Gasteiger partial charge is 0.462 e. The molecule has 11 heavy (non-hydrogen) atoms. The Labute approximate surface area is 64.8 Å². The first kappa shape index (κ1) is 9.68. The summed E-state index contributed by atoms with van der Waals surface area (Å²) in [6, 6.07) is 0. The van der Waals surface area contributed by atoms with Crippen LogP contribution in [-0.4, -0.2) is 18.5 Å². The SMILES string of the molecule is CC(=O)O/C=C\COC(C)=O. The van der Waals surface area contributed by atoms with Crippen LogP contribution in [0.4, 0.5) is 0 Å². The van der Waals surface area contributed by atoms with Crippen molar-refractivity contribution in [1.82, 2.24) is 0 Å². The molecule has 0 aliphatic carbocycles. The van der Waals surface area contributed by atoms with E-state index in [2.05, 4.69) is 9.47 Å². The second kappa shape index (κ2) is 5.46. The topological polar surface area (TPSA) is 52.6 Å². The summed E-state index contributed by atoms with van der Waals surface area (Å²) in [7, 11) is 0. The predicted octanol–water partition coefficient (Wildman–Crippen LogP) is 0.626. The van der Waals surface area contributed by atoms with Gasteiger partial charge in [-0.25, -0.2) is 0 Å². The predicted molar refractivity (Wildman–Crippen MR) is 37.5 cm³/mol. The van der Waals surface area contributed by atoms with Crippen molar-refractivity contribution in [2.75, 3.05) is 6.61 Å². The summed E-state index contributed by atoms with van der Waals surface area (Å²) in [6.45, 7) is 2.72. The molecule has 0 atom stereocenters. The Bertz CT molecular complexity index is 171. The molecular weight excluding hydrogens is 148 g/mol. The Morgan fingerprint density at radius 2 is 1.91 bits per heavy atom. The maximum atomic E-state index is 10.2. The van der Waals surface area contributed by atoms with Crippen LogP contribution in [0.5, 0.6) is 0 Å². The van der Waals surface area contributed by atoms with Gasteiger partial charge in [0.25, 0.3) is 0 Å². The highest BCUT2D eigenvalue weighted by Gasteiger charge is 1.87. The minimum atomic E-state index is -0.399. The molecule has 0 aromatic carbocycles. The van der Waals surface area contributed by atoms with E-state index in [1.54, 1.807) is 0 Å². The molecule has 0 aliphatic rings. The Hall–Kier alpha value is -1.32. The van der Waals surface area contributed by atoms with Crippen LogP contribution in [0, 0.1) is 0 Å². The lowest BCUT2D eigenvalue weighted by atomic mass is 10.6. The lowest BCUT2D eigenvalue weighted by molar-refractivity contribution is -0.139. The molecule has 0 aromatic rings. The zero-order chi connectivity index (χ0) is 8.69. The highest BCUT2D eigenvalue weighted by atomic mass is 16.5. The van der Waals surface area contributed by atoms with Gasteiger partial charge in [-0.05, 0) is 6.08 Å². The van der Waals surface area contributed by atoms with Crippen LogP contribution in [0.3, 0.4) is 0 Å². The lowest BCUT2D eigenvalue weighted by Gasteiger charge is -1.94. The smallest absolute Gasteiger partial charge is 0.307 e. The molecule has 0 heterocycles. The van der Waals surface area contributed by atoms with Gasteiger partial charge in [-0.3, -0.25) is 9.59 Å². The zero-order valence-electron chi connectivity index (χ0n) is 6.49. The van der Waals surface area contributed by atoms with Gasteiger partial charge in [0.2, 0.25) is 0 Å². The molecule has 62 valence electrons. The fourth-order valence-corrected chi connectivity index (χ4v) is 0.349. The van der Waals surface area contributed by atoms with Gasteiger partial charge in [0.05, 0.1) is 6.26 Å². The summed E-state index contributed by atoms with van der Waals surface area (Å²) in [4.78, 5) is 20.3. The molecule has 4 heteroatoms. The maximum absolute atomic E-state index is 10.2. The molecule has 0 amide bonds. The fraction of sp³-hybridized carbons (Fsp3) is 0.429. The Morgan fingerprint density at radius 1 is 1.27 bits per heavy atom. The molecule has 0 aromatic heterocycles. The van der Waals surface area contributed by atoms with Crippen molar-refractivity contribution in [3.8, 4) is 0 Å². The van der Waals surface area contributed by atoms with E-state index in [0.29, 0.717) is 0 Å². The average Bonchev–Trinajstić information content (AvgIpc) is 1.85. The highest BCUT2D eigenvalue weighted by Crippen LogP contribution is 1.81. The van der Waals surface area contributed by atoms with Crippen LogP contribution in [0.2, 0.25) is 0 Å². The number of hydrogen-bond acceptors (Lipinski definition) is 4. The van der Waals surface area contributed by atoms with E-state index >= 15 is 0 Å². The van der Waals surface area contributed by atoms with Crippen molar-refractivity contribution < 1.29 is 19.1 Å². The summed E-state index contributed by atoms with van der Waals surface area (Å²) in [5, 5.41) is 0. The first-order valence-corrected chi connectivity index (χ1v) is 3.08. The van der Waals surface area contributed by atoms with Crippen molar-refractivity contribution >= 4 is 11.9 Å². The molecule has 0 rings (SSSR count). The van der Waals surface area contributed by atoms with E-state index in [4.69, 9.17) is 0 Å². The van der Waals surface area contributed by atoms with Crippen LogP contribution in [0.15, 0.2) is 12.3 Å². The number of hydrogen-bond donors (Lipinski definition) is 0. The quantitative estimate of drug-likeness (QED) is 0.446. The van der Waals surface area contributed by atoms with E-state index in [1.165, 1.54) is 26.2 Å². The normalized spacial score (nSPS) is 9.64. The van der Waals surface area contributed by atoms with Crippen molar-refractivity contribution in [2.45, 2.75) is 13.8 Å². The van der Waals surface area contributed by atoms with E-state index in [9.17, 15) is 9.59 Å². The van der Waals surface area contributed by atoms with E-state index in [1.807, 2.05) is 0 Å². The Morgan fingerprint density at radius 3 is 2.36 bits per heavy atom. The summed E-state index contributed by atoms with van der Waals surface area (Å²) < 4.78 is 8.92. The van der Waals surface area contributed by atoms with Crippen LogP contribution in [0.25, 0.3) is 0 Å². The number of carbonyl (C=O) groups excluding carboxylic acids is 2. The van der Waals surface area contributed by atoms with E-state index < -0.39 is 5.97 Å². The Kier molecular flexibility index (Phi) is 4.81. The molecule has 0 saturated heterocycles. The van der Waals surface area contributed by atoms with Crippen molar-refractivity contribution in [1.29, 1.82) is 0 Å². The molecule has 0 radical (unpaired) electrons. The standard InChI is InChI=1S/C7H10O4/c1-6(8)10-4-3-5-11-7(2)9/h3-4H,5H2,1-2H3/b4-3-. The second-order valence-corrected chi connectivity index (χ2v) is 1.78. The third-order valence-corrected chi connectivity index (χ3v) is 0.713. The van der Waals surface area contributed by atoms with Gasteiger partial charge in [-0.15, -0.1) is 0 Å². The monoisotopic (exact) mass is 158 g/mol. The minimum absolute atomic E-state index is 0.128. The van der Waals surface area contributed by atoms with Crippen molar-refractivity contribution in [2.24, 2.45) is 0 Å². The first-order chi connectivity index (χ1) is 5.13. The first-order valence-electron chi connectivity index (χ1n) is 3.08. The number of ether oxygens (including phenoxy) is 2. The average molecular weight is 158 g/mol. The van der Waals surface area contributed by atoms with Crippen LogP contribution in [-0.2, 0) is 19.1 Å². The molecule has 0 unspecified atom stereocenters. The molecule has 0 fully saturated rings. The van der Waals surface area contributed by atoms with Gasteiger partial charge < -0.3 is 9.47 Å². The maximum Gasteiger partial charge on any atom is 0.307 e. The van der Waals surface area contributed by atoms with Gasteiger partial charge in [0.15, 0.2) is 0 Å². The molecule has 0 bridgehead atoms. The van der Waals surface area contributed by atoms with Crippen LogP contribution < -0.4 is 0 Å². The van der Waals surface area contributed by atoms with Crippen molar-refractivity contribution in [3.63, 3.8) is 0 Å². The molecule has 4 nitrogen and oxygen atoms in total. The van der Waals surface area contributed by atoms with Gasteiger partial charge in [0, 0.05) is 13.8 Å². The highest BCUT2D eigenvalue weighted by molar-refractivity contribution is 5.66. The second-order valence-electron chi connectivity index (χ2n) is 1.78. The molecule has 0 saturated carbocycles. The van der Waals surface area contributed by atoms with Gasteiger partial charge >= 0.3 is 11.9 Å². The van der Waals surface area contributed by atoms with E-state index in [-0.39, 0.29) is 12.6 Å². The number of carbonyl (C=O) groups is 2. The number of esters is 2. The summed E-state index contributed by atoms with van der Waals surface area (Å²) in [5.74, 6) is -0.762. The number of rotatable bonds is 3. The third-order valence-electron chi connectivity index (χ3n) is 0.713. The molecular formula is C7H10O4. The Balaban J connectivity index is 3.30. The minimum Gasteiger partial charge on any atom is -0.462 e. The molecule has 0 N–H and O–H groups in total. The van der Waals surface area contributed by atoms with Crippen LogP contribution >= 0.6 is 0 Å². The van der Waals surface area contributed by atoms with Crippen molar-refractivity contribution in [3.05, 3.63) is 12.3 Å². The van der Waals surface area contributed by atoms with Gasteiger partial charge in [0.1, 0.15) is 6.61 Å². The van der Waals surface area contributed by atoms with Crippen LogP contribution in [0.1, 0.15) is 13.8 Å². The summed E-state index contributed by atoms with van der Waals surface area (Å²) >= 11 is 0. The molecule has 0 spiro atoms. The zero-order valence-corrected chi connectivity index (χ0v) is 6.49. The van der Waals surface area contributed by atoms with E-state index in [0.717, 1.165) is 0 Å². The van der Waals surface area contributed by atoms with Gasteiger partial charge in [-0.1, -0.05) is 0 Å². The summed E-state index contributed by atoms with van der Waals surface area (Å²) in [5.41, 5.74) is 0. The molecule has 0 aliphatic heterocycles. The lowest BCUT2D eigenvalue weighted by Crippen LogP contribution is -1.98. The third kappa shape index (κ3) is 8.68. The fourth-order valence-electron chi connectivity index (χ4n) is 0.349.